The molecule has 0 amide bonds. The molecule has 2 saturated carbocycles. The molecule has 3 rings (SSSR count). The number of fused-ring (bicyclic) bond motifs is 2. The summed E-state index contributed by atoms with van der Waals surface area (Å²) < 4.78 is 0. The van der Waals surface area contributed by atoms with Gasteiger partial charge in [0.05, 0.1) is 0 Å². The number of hydrogen-bond donors (Lipinski definition) is 0. The van der Waals surface area contributed by atoms with E-state index in [-0.39, 0.29) is 20.4 Å². The summed E-state index contributed by atoms with van der Waals surface area (Å²) in [4.78, 5) is 0. The first-order valence-corrected chi connectivity index (χ1v) is 5.34. The standard InChI is InChI=1S/C13H15.Pd/c1-2-4-11(5-3-1)13-9-10-6-7-12(13)8-10;/h1-5,10,12H,6-9H2;/q-1;. The summed E-state index contributed by atoms with van der Waals surface area (Å²) in [6.45, 7) is 0. The monoisotopic (exact) mass is 277 g/mol. The van der Waals surface area contributed by atoms with Crippen LogP contribution in [0.5, 0.6) is 0 Å². The Hall–Kier alpha value is -0.248. The van der Waals surface area contributed by atoms with E-state index >= 15 is 0 Å². The van der Waals surface area contributed by atoms with Gasteiger partial charge in [-0.15, -0.1) is 12.1 Å². The predicted molar refractivity (Wildman–Crippen MR) is 54.2 cm³/mol. The van der Waals surface area contributed by atoms with Crippen molar-refractivity contribution in [2.75, 3.05) is 0 Å². The molecule has 0 N–H and O–H groups in total. The van der Waals surface area contributed by atoms with Crippen molar-refractivity contribution in [3.63, 3.8) is 0 Å². The van der Waals surface area contributed by atoms with E-state index in [2.05, 4.69) is 30.3 Å². The van der Waals surface area contributed by atoms with Crippen LogP contribution in [0.25, 0.3) is 0 Å². The van der Waals surface area contributed by atoms with Crippen molar-refractivity contribution in [2.24, 2.45) is 11.8 Å². The fourth-order valence-electron chi connectivity index (χ4n) is 3.06. The van der Waals surface area contributed by atoms with Gasteiger partial charge in [0.25, 0.3) is 0 Å². The summed E-state index contributed by atoms with van der Waals surface area (Å²) in [6, 6.07) is 11.0. The van der Waals surface area contributed by atoms with Gasteiger partial charge >= 0.3 is 0 Å². The first-order valence-electron chi connectivity index (χ1n) is 5.34. The normalized spacial score (nSPS) is 29.0. The Morgan fingerprint density at radius 2 is 1.86 bits per heavy atom. The van der Waals surface area contributed by atoms with Crippen molar-refractivity contribution in [3.05, 3.63) is 41.8 Å². The van der Waals surface area contributed by atoms with Gasteiger partial charge in [0.2, 0.25) is 0 Å². The van der Waals surface area contributed by atoms with Gasteiger partial charge < -0.3 is 0 Å². The average Bonchev–Trinajstić information content (AvgIpc) is 2.80. The van der Waals surface area contributed by atoms with Crippen LogP contribution in [-0.4, -0.2) is 0 Å². The van der Waals surface area contributed by atoms with Crippen molar-refractivity contribution in [1.82, 2.24) is 0 Å². The Kier molecular flexibility index (Phi) is 3.00. The predicted octanol–water partition coefficient (Wildman–Crippen LogP) is 3.43. The second-order valence-corrected chi connectivity index (χ2v) is 4.47. The molecule has 2 bridgehead atoms. The van der Waals surface area contributed by atoms with Gasteiger partial charge in [-0.3, -0.25) is 0 Å². The van der Waals surface area contributed by atoms with Crippen LogP contribution < -0.4 is 0 Å². The minimum absolute atomic E-state index is 0. The molecule has 1 aromatic rings. The van der Waals surface area contributed by atoms with Gasteiger partial charge in [0.15, 0.2) is 0 Å². The third-order valence-corrected chi connectivity index (χ3v) is 3.69. The van der Waals surface area contributed by atoms with Crippen LogP contribution in [0.3, 0.4) is 0 Å². The van der Waals surface area contributed by atoms with Crippen molar-refractivity contribution >= 4 is 0 Å². The molecule has 2 atom stereocenters. The van der Waals surface area contributed by atoms with E-state index in [9.17, 15) is 0 Å². The average molecular weight is 278 g/mol. The molecular weight excluding hydrogens is 263 g/mol. The van der Waals surface area contributed by atoms with Gasteiger partial charge in [0, 0.05) is 20.4 Å². The van der Waals surface area contributed by atoms with Crippen LogP contribution in [-0.2, 0) is 20.4 Å². The Bertz CT molecular complexity index is 293. The first kappa shape index (κ1) is 10.3. The zero-order valence-electron chi connectivity index (χ0n) is 8.19. The molecule has 0 spiro atoms. The van der Waals surface area contributed by atoms with Crippen LogP contribution in [0.1, 0.15) is 31.2 Å². The molecule has 2 aliphatic carbocycles. The van der Waals surface area contributed by atoms with Crippen molar-refractivity contribution in [3.8, 4) is 0 Å². The Morgan fingerprint density at radius 1 is 1.07 bits per heavy atom. The fraction of sp³-hybridized carbons (Fsp3) is 0.462. The zero-order valence-corrected chi connectivity index (χ0v) is 9.74. The molecule has 2 fully saturated rings. The largest absolute Gasteiger partial charge is 0.189 e. The second-order valence-electron chi connectivity index (χ2n) is 4.47. The van der Waals surface area contributed by atoms with E-state index in [0.717, 1.165) is 11.8 Å². The van der Waals surface area contributed by atoms with E-state index in [0.29, 0.717) is 0 Å². The molecule has 78 valence electrons. The van der Waals surface area contributed by atoms with E-state index in [1.807, 2.05) is 0 Å². The van der Waals surface area contributed by atoms with Crippen LogP contribution in [0.4, 0.5) is 0 Å². The fourth-order valence-corrected chi connectivity index (χ4v) is 3.06. The molecule has 0 saturated heterocycles. The molecule has 1 heteroatoms. The third kappa shape index (κ3) is 1.64. The summed E-state index contributed by atoms with van der Waals surface area (Å²) in [5.41, 5.74) is 1.51. The number of rotatable bonds is 1. The number of benzene rings is 1. The van der Waals surface area contributed by atoms with Crippen molar-refractivity contribution in [2.45, 2.75) is 25.7 Å². The quantitative estimate of drug-likeness (QED) is 0.545. The summed E-state index contributed by atoms with van der Waals surface area (Å²) >= 11 is 0. The summed E-state index contributed by atoms with van der Waals surface area (Å²) in [5.74, 6) is 3.71. The minimum Gasteiger partial charge on any atom is -0.189 e. The smallest absolute Gasteiger partial charge is 0 e. The Labute approximate surface area is 99.8 Å². The second kappa shape index (κ2) is 4.09. The van der Waals surface area contributed by atoms with Gasteiger partial charge in [-0.1, -0.05) is 37.7 Å². The minimum atomic E-state index is 0. The van der Waals surface area contributed by atoms with Crippen molar-refractivity contribution < 1.29 is 20.4 Å². The Balaban J connectivity index is 0.000000750. The SMILES string of the molecule is [Pd].c1ccc([C-]2CC3CCC2C3)cc1. The maximum absolute atomic E-state index is 2.27. The first-order chi connectivity index (χ1) is 6.43. The molecule has 0 radical (unpaired) electrons. The third-order valence-electron chi connectivity index (χ3n) is 3.69. The maximum Gasteiger partial charge on any atom is 0 e. The summed E-state index contributed by atoms with van der Waals surface area (Å²) in [7, 11) is 0. The summed E-state index contributed by atoms with van der Waals surface area (Å²) in [6.07, 6.45) is 5.80. The van der Waals surface area contributed by atoms with Crippen LogP contribution in [0, 0.1) is 17.8 Å². The maximum atomic E-state index is 2.27. The van der Waals surface area contributed by atoms with E-state index in [4.69, 9.17) is 0 Å². The van der Waals surface area contributed by atoms with Crippen LogP contribution in [0.2, 0.25) is 0 Å². The molecule has 0 heterocycles. The molecule has 0 nitrogen and oxygen atoms in total. The number of hydrogen-bond acceptors (Lipinski definition) is 0. The summed E-state index contributed by atoms with van der Waals surface area (Å²) in [5, 5.41) is 0. The molecule has 0 aromatic heterocycles. The van der Waals surface area contributed by atoms with Crippen molar-refractivity contribution in [1.29, 1.82) is 0 Å². The van der Waals surface area contributed by atoms with Gasteiger partial charge in [-0.05, 0) is 5.92 Å². The van der Waals surface area contributed by atoms with Gasteiger partial charge in [-0.25, -0.2) is 0 Å². The topological polar surface area (TPSA) is 0 Å². The van der Waals surface area contributed by atoms with Crippen LogP contribution >= 0.6 is 0 Å². The molecule has 14 heavy (non-hydrogen) atoms. The molecule has 1 aromatic carbocycles. The van der Waals surface area contributed by atoms with E-state index in [1.165, 1.54) is 31.2 Å². The Morgan fingerprint density at radius 3 is 2.43 bits per heavy atom. The molecule has 2 aliphatic rings. The van der Waals surface area contributed by atoms with Gasteiger partial charge in [-0.2, -0.15) is 23.6 Å². The van der Waals surface area contributed by atoms with E-state index < -0.39 is 0 Å². The molecule has 2 unspecified atom stereocenters. The molecular formula is C13H15Pd-. The van der Waals surface area contributed by atoms with Crippen LogP contribution in [0.15, 0.2) is 30.3 Å². The van der Waals surface area contributed by atoms with E-state index in [1.54, 1.807) is 5.92 Å². The molecule has 0 aliphatic heterocycles. The van der Waals surface area contributed by atoms with Gasteiger partial charge in [0.1, 0.15) is 0 Å². The zero-order chi connectivity index (χ0) is 8.67.